The predicted molar refractivity (Wildman–Crippen MR) is 151 cm³/mol. The first-order valence-electron chi connectivity index (χ1n) is 12.6. The van der Waals surface area contributed by atoms with Gasteiger partial charge in [0.2, 0.25) is 5.91 Å². The number of fused-ring (bicyclic) bond motifs is 1. The van der Waals surface area contributed by atoms with E-state index >= 15 is 0 Å². The number of methoxy groups -OCH3 is 1. The fourth-order valence-electron chi connectivity index (χ4n) is 4.56. The highest BCUT2D eigenvalue weighted by molar-refractivity contribution is 6.05. The number of carbonyl (C=O) groups is 2. The number of nitrogen functional groups attached to an aromatic ring is 1. The molecule has 0 radical (unpaired) electrons. The molecule has 3 heterocycles. The Morgan fingerprint density at radius 2 is 2.03 bits per heavy atom. The maximum atomic E-state index is 13.2. The molecule has 202 valence electrons. The van der Waals surface area contributed by atoms with Crippen molar-refractivity contribution in [1.29, 1.82) is 0 Å². The minimum atomic E-state index is -0.491. The van der Waals surface area contributed by atoms with Crippen LogP contribution in [0.2, 0.25) is 0 Å². The third-order valence-corrected chi connectivity index (χ3v) is 6.46. The lowest BCUT2D eigenvalue weighted by Crippen LogP contribution is -2.29. The number of aryl methyl sites for hydroxylation is 1. The summed E-state index contributed by atoms with van der Waals surface area (Å²) < 4.78 is 7.03. The molecule has 1 aromatic carbocycles. The lowest BCUT2D eigenvalue weighted by molar-refractivity contribution is -0.117. The second-order valence-electron chi connectivity index (χ2n) is 9.54. The van der Waals surface area contributed by atoms with Crippen molar-refractivity contribution in [3.05, 3.63) is 84.2 Å². The van der Waals surface area contributed by atoms with Crippen molar-refractivity contribution in [2.75, 3.05) is 24.8 Å². The predicted octanol–water partition coefficient (Wildman–Crippen LogP) is 4.44. The number of amides is 2. The van der Waals surface area contributed by atoms with Crippen LogP contribution in [0.15, 0.2) is 61.7 Å². The number of anilines is 2. The minimum Gasteiger partial charge on any atom is -0.385 e. The topological polar surface area (TPSA) is 137 Å². The van der Waals surface area contributed by atoms with E-state index in [1.165, 1.54) is 17.8 Å². The normalized spacial score (nSPS) is 11.9. The van der Waals surface area contributed by atoms with E-state index in [0.717, 1.165) is 5.56 Å². The smallest absolute Gasteiger partial charge is 0.257 e. The Morgan fingerprint density at radius 3 is 2.72 bits per heavy atom. The van der Waals surface area contributed by atoms with Crippen LogP contribution < -0.4 is 16.4 Å². The molecule has 4 N–H and O–H groups in total. The van der Waals surface area contributed by atoms with E-state index in [0.29, 0.717) is 52.8 Å². The van der Waals surface area contributed by atoms with Crippen LogP contribution >= 0.6 is 0 Å². The Kier molecular flexibility index (Phi) is 8.36. The maximum Gasteiger partial charge on any atom is 0.257 e. The number of carbonyl (C=O) groups excluding carboxylic acids is 2. The van der Waals surface area contributed by atoms with Gasteiger partial charge in [0, 0.05) is 49.8 Å². The molecule has 0 bridgehead atoms. The third-order valence-electron chi connectivity index (χ3n) is 6.46. The fourth-order valence-corrected chi connectivity index (χ4v) is 4.56. The molecule has 4 aromatic rings. The number of nitrogens with zero attached hydrogens (tertiary/aromatic N) is 4. The number of benzene rings is 1. The van der Waals surface area contributed by atoms with Gasteiger partial charge in [0.1, 0.15) is 22.9 Å². The van der Waals surface area contributed by atoms with Gasteiger partial charge in [-0.15, -0.1) is 0 Å². The molecule has 10 heteroatoms. The molecule has 0 fully saturated rings. The highest BCUT2D eigenvalue weighted by Crippen LogP contribution is 2.31. The van der Waals surface area contributed by atoms with Gasteiger partial charge in [0.15, 0.2) is 0 Å². The summed E-state index contributed by atoms with van der Waals surface area (Å²) in [5.41, 5.74) is 11.3. The zero-order valence-electron chi connectivity index (χ0n) is 22.6. The molecule has 2 amide bonds. The van der Waals surface area contributed by atoms with Crippen molar-refractivity contribution in [3.8, 4) is 11.3 Å². The lowest BCUT2D eigenvalue weighted by atomic mass is 9.97. The number of rotatable bonds is 10. The van der Waals surface area contributed by atoms with Crippen molar-refractivity contribution in [3.63, 3.8) is 0 Å². The van der Waals surface area contributed by atoms with Crippen LogP contribution in [-0.4, -0.2) is 44.9 Å². The highest BCUT2D eigenvalue weighted by Gasteiger charge is 2.24. The molecule has 1 atom stereocenters. The van der Waals surface area contributed by atoms with E-state index in [1.54, 1.807) is 36.2 Å². The fraction of sp³-hybridized carbons (Fsp3) is 0.276. The van der Waals surface area contributed by atoms with E-state index < -0.39 is 6.04 Å². The van der Waals surface area contributed by atoms with Crippen molar-refractivity contribution >= 4 is 28.8 Å². The maximum absolute atomic E-state index is 13.2. The van der Waals surface area contributed by atoms with Gasteiger partial charge < -0.3 is 21.1 Å². The summed E-state index contributed by atoms with van der Waals surface area (Å²) in [6, 6.07) is 7.11. The average molecular weight is 528 g/mol. The van der Waals surface area contributed by atoms with Crippen molar-refractivity contribution in [2.24, 2.45) is 0 Å². The Labute approximate surface area is 227 Å². The largest absolute Gasteiger partial charge is 0.385 e. The molecule has 10 nitrogen and oxygen atoms in total. The number of imidazole rings is 1. The molecule has 0 aliphatic carbocycles. The van der Waals surface area contributed by atoms with Crippen molar-refractivity contribution < 1.29 is 14.3 Å². The summed E-state index contributed by atoms with van der Waals surface area (Å²) in [5, 5.41) is 5.86. The van der Waals surface area contributed by atoms with Gasteiger partial charge in [-0.1, -0.05) is 26.5 Å². The van der Waals surface area contributed by atoms with Crippen LogP contribution in [0.5, 0.6) is 0 Å². The number of aromatic nitrogens is 4. The summed E-state index contributed by atoms with van der Waals surface area (Å²) in [6.45, 7) is 10.2. The van der Waals surface area contributed by atoms with Gasteiger partial charge in [-0.3, -0.25) is 19.0 Å². The number of ether oxygens (including phenoxy) is 1. The van der Waals surface area contributed by atoms with Crippen LogP contribution in [0.4, 0.5) is 11.5 Å². The zero-order chi connectivity index (χ0) is 28.1. The van der Waals surface area contributed by atoms with E-state index in [-0.39, 0.29) is 17.6 Å². The molecule has 0 spiro atoms. The number of hydrogen-bond acceptors (Lipinski definition) is 7. The zero-order valence-corrected chi connectivity index (χ0v) is 22.6. The van der Waals surface area contributed by atoms with Crippen LogP contribution in [0, 0.1) is 6.92 Å². The number of hydrogen-bond donors (Lipinski definition) is 3. The average Bonchev–Trinajstić information content (AvgIpc) is 3.31. The standard InChI is InChI=1S/C29H33N7O3/c1-6-24(37)34-23(9-12-39-5)28-35-25(26-27(30)32-10-11-36(26)28)19-14-20(16-31-15-19)29(38)33-21-7-8-22(17(2)3)18(4)13-21/h6-8,10-11,13-17,23H,1,9,12H2,2-5H3,(H2,30,32)(H,33,38)(H,34,37)/t23-/m0/s1. The van der Waals surface area contributed by atoms with Gasteiger partial charge in [0.25, 0.3) is 5.91 Å². The van der Waals surface area contributed by atoms with Crippen LogP contribution in [0.3, 0.4) is 0 Å². The van der Waals surface area contributed by atoms with Crippen molar-refractivity contribution in [1.82, 2.24) is 24.7 Å². The van der Waals surface area contributed by atoms with E-state index in [2.05, 4.69) is 41.0 Å². The highest BCUT2D eigenvalue weighted by atomic mass is 16.5. The molecular weight excluding hydrogens is 494 g/mol. The van der Waals surface area contributed by atoms with Crippen molar-refractivity contribution in [2.45, 2.75) is 39.2 Å². The Bertz CT molecular complexity index is 1530. The Balaban J connectivity index is 1.72. The minimum absolute atomic E-state index is 0.252. The van der Waals surface area contributed by atoms with Gasteiger partial charge in [-0.25, -0.2) is 9.97 Å². The number of pyridine rings is 1. The first-order chi connectivity index (χ1) is 18.7. The van der Waals surface area contributed by atoms with E-state index in [4.69, 9.17) is 15.5 Å². The quantitative estimate of drug-likeness (QED) is 0.259. The summed E-state index contributed by atoms with van der Waals surface area (Å²) in [6.07, 6.45) is 8.08. The first-order valence-corrected chi connectivity index (χ1v) is 12.6. The Morgan fingerprint density at radius 1 is 1.23 bits per heavy atom. The van der Waals surface area contributed by atoms with Gasteiger partial charge in [-0.2, -0.15) is 0 Å². The molecule has 3 aromatic heterocycles. The SMILES string of the molecule is C=CC(=O)N[C@@H](CCOC)c1nc(-c2cncc(C(=O)Nc3ccc(C(C)C)c(C)c3)c2)c2c(N)nccn12. The molecule has 0 unspecified atom stereocenters. The lowest BCUT2D eigenvalue weighted by Gasteiger charge is -2.16. The molecule has 0 aliphatic rings. The first kappa shape index (κ1) is 27.5. The summed E-state index contributed by atoms with van der Waals surface area (Å²) in [7, 11) is 1.59. The second kappa shape index (κ2) is 11.9. The molecule has 0 saturated carbocycles. The van der Waals surface area contributed by atoms with Crippen LogP contribution in [0.1, 0.15) is 59.5 Å². The summed E-state index contributed by atoms with van der Waals surface area (Å²) in [4.78, 5) is 38.7. The second-order valence-corrected chi connectivity index (χ2v) is 9.54. The van der Waals surface area contributed by atoms with Crippen LogP contribution in [0.25, 0.3) is 16.8 Å². The number of nitrogens with one attached hydrogen (secondary N) is 2. The summed E-state index contributed by atoms with van der Waals surface area (Å²) in [5.74, 6) is 0.547. The third kappa shape index (κ3) is 5.96. The van der Waals surface area contributed by atoms with Crippen LogP contribution in [-0.2, 0) is 9.53 Å². The van der Waals surface area contributed by atoms with Gasteiger partial charge in [0.05, 0.1) is 11.6 Å². The molecule has 0 aliphatic heterocycles. The van der Waals surface area contributed by atoms with Gasteiger partial charge in [-0.05, 0) is 54.7 Å². The molecular formula is C29H33N7O3. The molecule has 4 rings (SSSR count). The molecule has 0 saturated heterocycles. The monoisotopic (exact) mass is 527 g/mol. The molecule has 39 heavy (non-hydrogen) atoms. The Hall–Kier alpha value is -4.57. The van der Waals surface area contributed by atoms with Gasteiger partial charge >= 0.3 is 0 Å². The van der Waals surface area contributed by atoms with E-state index in [1.807, 2.05) is 25.1 Å². The number of nitrogens with two attached hydrogens (primary N) is 1. The summed E-state index contributed by atoms with van der Waals surface area (Å²) >= 11 is 0. The van der Waals surface area contributed by atoms with E-state index in [9.17, 15) is 9.59 Å².